The monoisotopic (exact) mass is 182 g/mol. The van der Waals surface area contributed by atoms with Gasteiger partial charge in [0, 0.05) is 5.57 Å². The number of primary amides is 1. The topological polar surface area (TPSA) is 72.2 Å². The summed E-state index contributed by atoms with van der Waals surface area (Å²) in [4.78, 5) is 21.7. The van der Waals surface area contributed by atoms with Gasteiger partial charge in [-0.25, -0.2) is 0 Å². The van der Waals surface area contributed by atoms with Crippen LogP contribution in [0.2, 0.25) is 0 Å². The highest BCUT2D eigenvalue weighted by molar-refractivity contribution is 6.01. The number of amides is 2. The minimum Gasteiger partial charge on any atom is -0.364 e. The van der Waals surface area contributed by atoms with E-state index >= 15 is 0 Å². The van der Waals surface area contributed by atoms with Crippen LogP contribution in [0.5, 0.6) is 0 Å². The van der Waals surface area contributed by atoms with Crippen LogP contribution in [0.3, 0.4) is 0 Å². The SMILES string of the molecule is C=C(NC(=O)C(=C)C(C)C)C(N)=O. The van der Waals surface area contributed by atoms with Gasteiger partial charge >= 0.3 is 0 Å². The summed E-state index contributed by atoms with van der Waals surface area (Å²) in [6, 6.07) is 0. The summed E-state index contributed by atoms with van der Waals surface area (Å²) in [5.41, 5.74) is 5.15. The summed E-state index contributed by atoms with van der Waals surface area (Å²) < 4.78 is 0. The van der Waals surface area contributed by atoms with E-state index in [0.29, 0.717) is 5.57 Å². The molecule has 0 aromatic carbocycles. The fourth-order valence-electron chi connectivity index (χ4n) is 0.541. The van der Waals surface area contributed by atoms with Gasteiger partial charge in [-0.2, -0.15) is 0 Å². The van der Waals surface area contributed by atoms with Gasteiger partial charge < -0.3 is 11.1 Å². The van der Waals surface area contributed by atoms with E-state index in [-0.39, 0.29) is 11.6 Å². The van der Waals surface area contributed by atoms with Crippen molar-refractivity contribution in [1.82, 2.24) is 5.32 Å². The Bertz CT molecular complexity index is 267. The molecule has 0 aromatic heterocycles. The Kier molecular flexibility index (Phi) is 3.91. The summed E-state index contributed by atoms with van der Waals surface area (Å²) in [6.45, 7) is 10.5. The summed E-state index contributed by atoms with van der Waals surface area (Å²) in [5.74, 6) is -1.13. The molecule has 0 aliphatic heterocycles. The Labute approximate surface area is 77.5 Å². The number of nitrogens with two attached hydrogens (primary N) is 1. The van der Waals surface area contributed by atoms with Crippen LogP contribution < -0.4 is 11.1 Å². The molecule has 0 atom stereocenters. The Morgan fingerprint density at radius 2 is 1.77 bits per heavy atom. The lowest BCUT2D eigenvalue weighted by Gasteiger charge is -2.09. The van der Waals surface area contributed by atoms with Crippen molar-refractivity contribution in [3.8, 4) is 0 Å². The normalized spacial score (nSPS) is 9.46. The van der Waals surface area contributed by atoms with Gasteiger partial charge in [0.25, 0.3) is 11.8 Å². The van der Waals surface area contributed by atoms with Crippen LogP contribution in [0.15, 0.2) is 24.4 Å². The number of carbonyl (C=O) groups is 2. The molecule has 0 aliphatic rings. The standard InChI is InChI=1S/C9H14N2O2/c1-5(2)6(3)9(13)11-7(4)8(10)12/h5H,3-4H2,1-2H3,(H2,10,12)(H,11,13). The quantitative estimate of drug-likeness (QED) is 0.614. The van der Waals surface area contributed by atoms with Crippen LogP contribution in [0.4, 0.5) is 0 Å². The zero-order chi connectivity index (χ0) is 10.6. The average molecular weight is 182 g/mol. The zero-order valence-electron chi connectivity index (χ0n) is 7.89. The van der Waals surface area contributed by atoms with Crippen molar-refractivity contribution in [3.05, 3.63) is 24.4 Å². The van der Waals surface area contributed by atoms with Gasteiger partial charge in [-0.05, 0) is 5.92 Å². The summed E-state index contributed by atoms with van der Waals surface area (Å²) in [5, 5.41) is 2.25. The van der Waals surface area contributed by atoms with Crippen molar-refractivity contribution >= 4 is 11.8 Å². The van der Waals surface area contributed by atoms with Crippen LogP contribution in [0, 0.1) is 5.92 Å². The number of hydrogen-bond donors (Lipinski definition) is 2. The molecule has 72 valence electrons. The lowest BCUT2D eigenvalue weighted by molar-refractivity contribution is -0.120. The van der Waals surface area contributed by atoms with Gasteiger partial charge in [0.15, 0.2) is 0 Å². The lowest BCUT2D eigenvalue weighted by Crippen LogP contribution is -2.32. The van der Waals surface area contributed by atoms with Crippen LogP contribution >= 0.6 is 0 Å². The van der Waals surface area contributed by atoms with Crippen molar-refractivity contribution in [1.29, 1.82) is 0 Å². The fraction of sp³-hybridized carbons (Fsp3) is 0.333. The molecular weight excluding hydrogens is 168 g/mol. The Morgan fingerprint density at radius 1 is 1.31 bits per heavy atom. The van der Waals surface area contributed by atoms with E-state index in [1.54, 1.807) is 0 Å². The van der Waals surface area contributed by atoms with Gasteiger partial charge in [0.05, 0.1) is 5.70 Å². The molecule has 0 aliphatic carbocycles. The maximum atomic E-state index is 11.2. The minimum atomic E-state index is -0.745. The third-order valence-corrected chi connectivity index (χ3v) is 1.55. The average Bonchev–Trinajstić information content (AvgIpc) is 2.02. The predicted molar refractivity (Wildman–Crippen MR) is 50.5 cm³/mol. The second kappa shape index (κ2) is 4.45. The van der Waals surface area contributed by atoms with E-state index in [4.69, 9.17) is 5.73 Å². The molecule has 0 radical (unpaired) electrons. The molecule has 0 saturated carbocycles. The minimum absolute atomic E-state index is 0.0284. The van der Waals surface area contributed by atoms with Crippen LogP contribution in [-0.4, -0.2) is 11.8 Å². The first-order valence-electron chi connectivity index (χ1n) is 3.85. The molecule has 0 bridgehead atoms. The first kappa shape index (κ1) is 11.4. The van der Waals surface area contributed by atoms with Crippen LogP contribution in [0.25, 0.3) is 0 Å². The molecule has 4 heteroatoms. The molecule has 0 heterocycles. The molecule has 4 nitrogen and oxygen atoms in total. The highest BCUT2D eigenvalue weighted by Crippen LogP contribution is 2.06. The van der Waals surface area contributed by atoms with Crippen molar-refractivity contribution in [2.24, 2.45) is 11.7 Å². The number of hydrogen-bond acceptors (Lipinski definition) is 2. The van der Waals surface area contributed by atoms with E-state index in [0.717, 1.165) is 0 Å². The molecule has 0 saturated heterocycles. The second-order valence-corrected chi connectivity index (χ2v) is 2.98. The maximum Gasteiger partial charge on any atom is 0.264 e. The Balaban J connectivity index is 4.25. The van der Waals surface area contributed by atoms with Gasteiger partial charge in [-0.3, -0.25) is 9.59 Å². The summed E-state index contributed by atoms with van der Waals surface area (Å²) in [7, 11) is 0. The van der Waals surface area contributed by atoms with Gasteiger partial charge in [0.2, 0.25) is 0 Å². The molecule has 0 aromatic rings. The number of nitrogens with one attached hydrogen (secondary N) is 1. The number of carbonyl (C=O) groups excluding carboxylic acids is 2. The van der Waals surface area contributed by atoms with Crippen LogP contribution in [-0.2, 0) is 9.59 Å². The van der Waals surface area contributed by atoms with E-state index in [1.807, 2.05) is 13.8 Å². The zero-order valence-corrected chi connectivity index (χ0v) is 7.89. The second-order valence-electron chi connectivity index (χ2n) is 2.98. The molecular formula is C9H14N2O2. The van der Waals surface area contributed by atoms with Crippen molar-refractivity contribution < 1.29 is 9.59 Å². The molecule has 0 spiro atoms. The Morgan fingerprint density at radius 3 is 2.08 bits per heavy atom. The third-order valence-electron chi connectivity index (χ3n) is 1.55. The fourth-order valence-corrected chi connectivity index (χ4v) is 0.541. The van der Waals surface area contributed by atoms with E-state index in [1.165, 1.54) is 0 Å². The maximum absolute atomic E-state index is 11.2. The van der Waals surface area contributed by atoms with Gasteiger partial charge in [-0.1, -0.05) is 27.0 Å². The van der Waals surface area contributed by atoms with Gasteiger partial charge in [-0.15, -0.1) is 0 Å². The third kappa shape index (κ3) is 3.55. The molecule has 2 amide bonds. The highest BCUT2D eigenvalue weighted by Gasteiger charge is 2.12. The summed E-state index contributed by atoms with van der Waals surface area (Å²) in [6.07, 6.45) is 0. The van der Waals surface area contributed by atoms with E-state index in [9.17, 15) is 9.59 Å². The molecule has 0 rings (SSSR count). The largest absolute Gasteiger partial charge is 0.364 e. The van der Waals surface area contributed by atoms with E-state index < -0.39 is 11.8 Å². The lowest BCUT2D eigenvalue weighted by atomic mass is 10.1. The molecule has 0 unspecified atom stereocenters. The molecule has 13 heavy (non-hydrogen) atoms. The van der Waals surface area contributed by atoms with Crippen molar-refractivity contribution in [3.63, 3.8) is 0 Å². The van der Waals surface area contributed by atoms with E-state index in [2.05, 4.69) is 18.5 Å². The smallest absolute Gasteiger partial charge is 0.264 e. The first-order valence-corrected chi connectivity index (χ1v) is 3.85. The van der Waals surface area contributed by atoms with Crippen LogP contribution in [0.1, 0.15) is 13.8 Å². The van der Waals surface area contributed by atoms with Crippen molar-refractivity contribution in [2.75, 3.05) is 0 Å². The molecule has 3 N–H and O–H groups in total. The highest BCUT2D eigenvalue weighted by atomic mass is 16.2. The summed E-state index contributed by atoms with van der Waals surface area (Å²) >= 11 is 0. The predicted octanol–water partition coefficient (Wildman–Crippen LogP) is 0.314. The first-order chi connectivity index (χ1) is 5.86. The van der Waals surface area contributed by atoms with Crippen molar-refractivity contribution in [2.45, 2.75) is 13.8 Å². The molecule has 0 fully saturated rings. The van der Waals surface area contributed by atoms with Gasteiger partial charge in [0.1, 0.15) is 0 Å². The number of rotatable bonds is 4. The Hall–Kier alpha value is -1.58.